The molecule has 118 valence electrons. The Morgan fingerprint density at radius 3 is 2.76 bits per heavy atom. The van der Waals surface area contributed by atoms with E-state index in [-0.39, 0.29) is 29.9 Å². The molecule has 1 aromatic rings. The van der Waals surface area contributed by atoms with Crippen molar-refractivity contribution in [2.24, 2.45) is 0 Å². The number of aryl methyl sites for hydroxylation is 2. The van der Waals surface area contributed by atoms with Gasteiger partial charge in [-0.1, -0.05) is 5.16 Å². The average molecular weight is 315 g/mol. The third-order valence-electron chi connectivity index (χ3n) is 3.72. The highest BCUT2D eigenvalue weighted by Gasteiger charge is 2.27. The molecule has 1 N–H and O–H groups in total. The molecule has 21 heavy (non-hydrogen) atoms. The van der Waals surface area contributed by atoms with Crippen LogP contribution in [0, 0.1) is 13.8 Å². The summed E-state index contributed by atoms with van der Waals surface area (Å²) >= 11 is 0. The van der Waals surface area contributed by atoms with Crippen molar-refractivity contribution >= 4 is 15.7 Å². The molecule has 7 nitrogen and oxygen atoms in total. The summed E-state index contributed by atoms with van der Waals surface area (Å²) in [5.74, 6) is 0.778. The van der Waals surface area contributed by atoms with Gasteiger partial charge in [-0.05, 0) is 13.8 Å². The highest BCUT2D eigenvalue weighted by Crippen LogP contribution is 2.15. The third kappa shape index (κ3) is 4.04. The monoisotopic (exact) mass is 315 g/mol. The van der Waals surface area contributed by atoms with E-state index in [9.17, 15) is 13.2 Å². The first kappa shape index (κ1) is 16.0. The van der Waals surface area contributed by atoms with Gasteiger partial charge in [0.05, 0.1) is 23.7 Å². The van der Waals surface area contributed by atoms with E-state index in [1.807, 2.05) is 13.8 Å². The summed E-state index contributed by atoms with van der Waals surface area (Å²) in [5, 5.41) is 6.94. The average Bonchev–Trinajstić information content (AvgIpc) is 2.69. The predicted molar refractivity (Wildman–Crippen MR) is 77.5 cm³/mol. The number of hydrogen-bond acceptors (Lipinski definition) is 6. The molecule has 1 atom stereocenters. The summed E-state index contributed by atoms with van der Waals surface area (Å²) in [5.41, 5.74) is 1.67. The molecule has 0 aliphatic carbocycles. The van der Waals surface area contributed by atoms with E-state index in [2.05, 4.69) is 10.5 Å². The Morgan fingerprint density at radius 2 is 2.19 bits per heavy atom. The van der Waals surface area contributed by atoms with Crippen molar-refractivity contribution in [1.29, 1.82) is 0 Å². The molecular weight excluding hydrogens is 294 g/mol. The Bertz CT molecular complexity index is 604. The van der Waals surface area contributed by atoms with Crippen molar-refractivity contribution in [1.82, 2.24) is 15.4 Å². The second-order valence-corrected chi connectivity index (χ2v) is 7.75. The summed E-state index contributed by atoms with van der Waals surface area (Å²) in [6.45, 7) is 4.47. The van der Waals surface area contributed by atoms with E-state index >= 15 is 0 Å². The molecule has 0 bridgehead atoms. The standard InChI is InChI=1S/C13H21N3O4S/c1-9-12(10(2)20-15-9)7-16(3)13(17)6-11-8-21(18,19)5-4-14-11/h11,14H,4-8H2,1-3H3. The first-order chi connectivity index (χ1) is 9.78. The molecule has 1 aromatic heterocycles. The summed E-state index contributed by atoms with van der Waals surface area (Å²) in [6, 6.07) is -0.302. The van der Waals surface area contributed by atoms with Crippen LogP contribution in [0.5, 0.6) is 0 Å². The van der Waals surface area contributed by atoms with Crippen LogP contribution in [-0.2, 0) is 21.2 Å². The summed E-state index contributed by atoms with van der Waals surface area (Å²) < 4.78 is 28.2. The maximum absolute atomic E-state index is 12.2. The van der Waals surface area contributed by atoms with E-state index in [0.29, 0.717) is 18.8 Å². The molecular formula is C13H21N3O4S. The Kier molecular flexibility index (Phi) is 4.67. The van der Waals surface area contributed by atoms with Crippen LogP contribution in [0.15, 0.2) is 4.52 Å². The second kappa shape index (κ2) is 6.15. The van der Waals surface area contributed by atoms with Crippen molar-refractivity contribution < 1.29 is 17.7 Å². The molecule has 8 heteroatoms. The number of carbonyl (C=O) groups is 1. The number of nitrogens with zero attached hydrogens (tertiary/aromatic N) is 2. The van der Waals surface area contributed by atoms with Gasteiger partial charge in [0.25, 0.3) is 0 Å². The lowest BCUT2D eigenvalue weighted by Gasteiger charge is -2.25. The second-order valence-electron chi connectivity index (χ2n) is 5.52. The minimum absolute atomic E-state index is 0.0257. The molecule has 1 fully saturated rings. The summed E-state index contributed by atoms with van der Waals surface area (Å²) in [4.78, 5) is 13.8. The first-order valence-corrected chi connectivity index (χ1v) is 8.70. The van der Waals surface area contributed by atoms with Crippen LogP contribution in [0.25, 0.3) is 0 Å². The molecule has 1 unspecified atom stereocenters. The van der Waals surface area contributed by atoms with E-state index in [1.165, 1.54) is 0 Å². The number of hydrogen-bond donors (Lipinski definition) is 1. The number of rotatable bonds is 4. The van der Waals surface area contributed by atoms with Gasteiger partial charge in [-0.25, -0.2) is 8.42 Å². The van der Waals surface area contributed by atoms with Crippen molar-refractivity contribution in [2.45, 2.75) is 32.9 Å². The SMILES string of the molecule is Cc1noc(C)c1CN(C)C(=O)CC1CS(=O)(=O)CCN1. The van der Waals surface area contributed by atoms with Crippen molar-refractivity contribution in [3.05, 3.63) is 17.0 Å². The Hall–Kier alpha value is -1.41. The maximum atomic E-state index is 12.2. The summed E-state index contributed by atoms with van der Waals surface area (Å²) in [6.07, 6.45) is 0.180. The Balaban J connectivity index is 1.94. The van der Waals surface area contributed by atoms with Gasteiger partial charge in [0.1, 0.15) is 5.76 Å². The van der Waals surface area contributed by atoms with E-state index in [4.69, 9.17) is 4.52 Å². The van der Waals surface area contributed by atoms with Crippen LogP contribution >= 0.6 is 0 Å². The van der Waals surface area contributed by atoms with Gasteiger partial charge in [0.15, 0.2) is 9.84 Å². The molecule has 0 saturated carbocycles. The van der Waals surface area contributed by atoms with Crippen LogP contribution in [0.1, 0.15) is 23.4 Å². The highest BCUT2D eigenvalue weighted by molar-refractivity contribution is 7.91. The van der Waals surface area contributed by atoms with E-state index < -0.39 is 9.84 Å². The van der Waals surface area contributed by atoms with E-state index in [1.54, 1.807) is 11.9 Å². The van der Waals surface area contributed by atoms with Gasteiger partial charge in [-0.15, -0.1) is 0 Å². The van der Waals surface area contributed by atoms with Gasteiger partial charge >= 0.3 is 0 Å². The van der Waals surface area contributed by atoms with Crippen molar-refractivity contribution in [2.75, 3.05) is 25.1 Å². The third-order valence-corrected chi connectivity index (χ3v) is 5.46. The van der Waals surface area contributed by atoms with Gasteiger partial charge in [0, 0.05) is 31.6 Å². The molecule has 2 heterocycles. The number of aromatic nitrogens is 1. The highest BCUT2D eigenvalue weighted by atomic mass is 32.2. The van der Waals surface area contributed by atoms with Gasteiger partial charge in [-0.3, -0.25) is 4.79 Å². The summed E-state index contributed by atoms with van der Waals surface area (Å²) in [7, 11) is -1.32. The number of sulfone groups is 1. The fourth-order valence-electron chi connectivity index (χ4n) is 2.42. The zero-order valence-corrected chi connectivity index (χ0v) is 13.4. The van der Waals surface area contributed by atoms with E-state index in [0.717, 1.165) is 11.3 Å². The number of nitrogens with one attached hydrogen (secondary N) is 1. The van der Waals surface area contributed by atoms with Crippen LogP contribution in [-0.4, -0.2) is 55.5 Å². The molecule has 1 aliphatic rings. The molecule has 0 spiro atoms. The lowest BCUT2D eigenvalue weighted by molar-refractivity contribution is -0.130. The topological polar surface area (TPSA) is 92.5 Å². The maximum Gasteiger partial charge on any atom is 0.224 e. The quantitative estimate of drug-likeness (QED) is 0.842. The van der Waals surface area contributed by atoms with Crippen molar-refractivity contribution in [3.8, 4) is 0 Å². The largest absolute Gasteiger partial charge is 0.361 e. The smallest absolute Gasteiger partial charge is 0.224 e. The fourth-order valence-corrected chi connectivity index (χ4v) is 3.86. The molecule has 1 amide bonds. The zero-order chi connectivity index (χ0) is 15.6. The lowest BCUT2D eigenvalue weighted by atomic mass is 10.1. The molecule has 2 rings (SSSR count). The minimum atomic E-state index is -3.02. The Morgan fingerprint density at radius 1 is 1.48 bits per heavy atom. The molecule has 0 radical (unpaired) electrons. The molecule has 1 saturated heterocycles. The number of carbonyl (C=O) groups excluding carboxylic acids is 1. The van der Waals surface area contributed by atoms with Crippen LogP contribution in [0.3, 0.4) is 0 Å². The predicted octanol–water partition coefficient (Wildman–Crippen LogP) is 0.0265. The van der Waals surface area contributed by atoms with Gasteiger partial charge in [-0.2, -0.15) is 0 Å². The minimum Gasteiger partial charge on any atom is -0.361 e. The molecule has 1 aliphatic heterocycles. The lowest BCUT2D eigenvalue weighted by Crippen LogP contribution is -2.47. The van der Waals surface area contributed by atoms with Gasteiger partial charge < -0.3 is 14.7 Å². The zero-order valence-electron chi connectivity index (χ0n) is 12.5. The first-order valence-electron chi connectivity index (χ1n) is 6.88. The van der Waals surface area contributed by atoms with Crippen LogP contribution in [0.2, 0.25) is 0 Å². The Labute approximate surface area is 124 Å². The van der Waals surface area contributed by atoms with Crippen LogP contribution < -0.4 is 5.32 Å². The van der Waals surface area contributed by atoms with Crippen LogP contribution in [0.4, 0.5) is 0 Å². The van der Waals surface area contributed by atoms with Crippen molar-refractivity contribution in [3.63, 3.8) is 0 Å². The fraction of sp³-hybridized carbons (Fsp3) is 0.692. The van der Waals surface area contributed by atoms with Gasteiger partial charge in [0.2, 0.25) is 5.91 Å². The number of amides is 1. The molecule has 0 aromatic carbocycles. The normalized spacial score (nSPS) is 21.2.